The smallest absolute Gasteiger partial charge is 0.227 e. The van der Waals surface area contributed by atoms with E-state index in [1.54, 1.807) is 4.90 Å². The van der Waals surface area contributed by atoms with Gasteiger partial charge in [-0.25, -0.2) is 0 Å². The molecule has 3 rings (SSSR count). The lowest BCUT2D eigenvalue weighted by Gasteiger charge is -2.28. The lowest BCUT2D eigenvalue weighted by Crippen LogP contribution is -2.43. The number of rotatable bonds is 10. The van der Waals surface area contributed by atoms with Crippen LogP contribution in [0, 0.1) is 0 Å². The summed E-state index contributed by atoms with van der Waals surface area (Å²) in [6.07, 6.45) is 0.166. The predicted octanol–water partition coefficient (Wildman–Crippen LogP) is 3.94. The number of carbonyl (C=O) groups is 1. The molecule has 0 saturated heterocycles. The molecule has 6 heteroatoms. The summed E-state index contributed by atoms with van der Waals surface area (Å²) >= 11 is 0. The van der Waals surface area contributed by atoms with Crippen molar-refractivity contribution in [1.29, 1.82) is 0 Å². The Hall–Kier alpha value is -3.35. The van der Waals surface area contributed by atoms with Crippen LogP contribution >= 0.6 is 0 Å². The van der Waals surface area contributed by atoms with E-state index in [0.717, 1.165) is 16.7 Å². The Morgan fingerprint density at radius 1 is 0.912 bits per heavy atom. The maximum Gasteiger partial charge on any atom is 0.227 e. The molecule has 180 valence electrons. The molecule has 0 radical (unpaired) electrons. The van der Waals surface area contributed by atoms with Crippen LogP contribution in [0.2, 0.25) is 0 Å². The van der Waals surface area contributed by atoms with Crippen LogP contribution in [0.25, 0.3) is 0 Å². The second kappa shape index (κ2) is 11.2. The number of β-amino-alcohol motifs (C(OH)–C–C–N with tert-alkyl or cyclic N) is 1. The van der Waals surface area contributed by atoms with E-state index in [2.05, 4.69) is 11.4 Å². The number of hydrogen-bond donors (Lipinski definition) is 4. The molecule has 0 spiro atoms. The van der Waals surface area contributed by atoms with Gasteiger partial charge < -0.3 is 25.5 Å². The van der Waals surface area contributed by atoms with E-state index in [9.17, 15) is 20.1 Å². The highest BCUT2D eigenvalue weighted by Crippen LogP contribution is 2.25. The van der Waals surface area contributed by atoms with Gasteiger partial charge in [0.05, 0.1) is 12.5 Å². The van der Waals surface area contributed by atoms with Gasteiger partial charge in [-0.15, -0.1) is 0 Å². The van der Waals surface area contributed by atoms with Crippen molar-refractivity contribution >= 4 is 5.91 Å². The number of phenolic OH excluding ortho intramolecular Hbond substituents is 2. The molecule has 0 aliphatic heterocycles. The molecule has 0 aliphatic rings. The first-order valence-electron chi connectivity index (χ1n) is 11.4. The van der Waals surface area contributed by atoms with Gasteiger partial charge in [-0.2, -0.15) is 0 Å². The zero-order valence-corrected chi connectivity index (χ0v) is 20.0. The van der Waals surface area contributed by atoms with Gasteiger partial charge >= 0.3 is 0 Å². The summed E-state index contributed by atoms with van der Waals surface area (Å²) in [7, 11) is 1.82. The highest BCUT2D eigenvalue weighted by molar-refractivity contribution is 5.78. The Morgan fingerprint density at radius 3 is 2.21 bits per heavy atom. The van der Waals surface area contributed by atoms with Crippen LogP contribution in [-0.2, 0) is 24.2 Å². The number of nitrogens with one attached hydrogen (secondary N) is 1. The second-order valence-corrected chi connectivity index (χ2v) is 9.47. The van der Waals surface area contributed by atoms with E-state index in [0.29, 0.717) is 24.9 Å². The minimum Gasteiger partial charge on any atom is -0.508 e. The highest BCUT2D eigenvalue weighted by Gasteiger charge is 2.21. The highest BCUT2D eigenvalue weighted by atomic mass is 16.3. The zero-order chi connectivity index (χ0) is 24.7. The fourth-order valence-corrected chi connectivity index (χ4v) is 3.98. The first kappa shape index (κ1) is 25.3. The van der Waals surface area contributed by atoms with E-state index < -0.39 is 6.10 Å². The van der Waals surface area contributed by atoms with Gasteiger partial charge in [0.1, 0.15) is 11.5 Å². The first-order chi connectivity index (χ1) is 16.1. The summed E-state index contributed by atoms with van der Waals surface area (Å²) in [6, 6.07) is 22.1. The van der Waals surface area contributed by atoms with E-state index in [1.807, 2.05) is 69.4 Å². The summed E-state index contributed by atoms with van der Waals surface area (Å²) in [4.78, 5) is 14.5. The molecule has 34 heavy (non-hydrogen) atoms. The minimum absolute atomic E-state index is 0.0656. The summed E-state index contributed by atoms with van der Waals surface area (Å²) in [6.45, 7) is 4.93. The van der Waals surface area contributed by atoms with E-state index >= 15 is 0 Å². The van der Waals surface area contributed by atoms with Crippen LogP contribution in [0.4, 0.5) is 0 Å². The van der Waals surface area contributed by atoms with Gasteiger partial charge in [0, 0.05) is 31.7 Å². The molecular weight excluding hydrogens is 428 g/mol. The average molecular weight is 463 g/mol. The lowest BCUT2D eigenvalue weighted by atomic mass is 9.93. The largest absolute Gasteiger partial charge is 0.508 e. The quantitative estimate of drug-likeness (QED) is 0.366. The first-order valence-corrected chi connectivity index (χ1v) is 11.4. The molecule has 4 N–H and O–H groups in total. The fourth-order valence-electron chi connectivity index (χ4n) is 3.98. The number of aliphatic hydroxyl groups excluding tert-OH is 1. The van der Waals surface area contributed by atoms with E-state index in [1.165, 1.54) is 18.2 Å². The van der Waals surface area contributed by atoms with Crippen LogP contribution in [0.3, 0.4) is 0 Å². The van der Waals surface area contributed by atoms with E-state index in [4.69, 9.17) is 0 Å². The Bertz CT molecular complexity index is 1080. The molecule has 0 saturated carbocycles. The molecular formula is C28H34N2O4. The standard InChI is InChI=1S/C28H34N2O4/c1-28(2,29-18-26(33)23-14-24(31)16-25(32)15-23)17-22-11-7-10-21(12-22)13-27(34)30(3)19-20-8-5-4-6-9-20/h4-12,14-16,26,29,31-33H,13,17-19H2,1-3H3. The SMILES string of the molecule is CN(Cc1ccccc1)C(=O)Cc1cccc(CC(C)(C)NCC(O)c2cc(O)cc(O)c2)c1. The summed E-state index contributed by atoms with van der Waals surface area (Å²) in [5.74, 6) is -0.112. The third-order valence-corrected chi connectivity index (χ3v) is 5.76. The van der Waals surface area contributed by atoms with Crippen LogP contribution in [-0.4, -0.2) is 45.3 Å². The van der Waals surface area contributed by atoms with Crippen molar-refractivity contribution in [3.8, 4) is 11.5 Å². The third-order valence-electron chi connectivity index (χ3n) is 5.76. The molecule has 0 aromatic heterocycles. The Kier molecular flexibility index (Phi) is 8.31. The Morgan fingerprint density at radius 2 is 1.53 bits per heavy atom. The Labute approximate surface area is 201 Å². The zero-order valence-electron chi connectivity index (χ0n) is 20.0. The number of benzene rings is 3. The van der Waals surface area contributed by atoms with Crippen molar-refractivity contribution in [2.75, 3.05) is 13.6 Å². The average Bonchev–Trinajstić information content (AvgIpc) is 2.77. The second-order valence-electron chi connectivity index (χ2n) is 9.47. The molecule has 3 aromatic rings. The number of phenols is 2. The van der Waals surface area contributed by atoms with Crippen molar-refractivity contribution in [3.05, 3.63) is 95.1 Å². The maximum atomic E-state index is 12.7. The third kappa shape index (κ3) is 7.61. The topological polar surface area (TPSA) is 93.0 Å². The van der Waals surface area contributed by atoms with Crippen molar-refractivity contribution in [1.82, 2.24) is 10.2 Å². The lowest BCUT2D eigenvalue weighted by molar-refractivity contribution is -0.129. The molecule has 1 atom stereocenters. The minimum atomic E-state index is -0.874. The van der Waals surface area contributed by atoms with Crippen LogP contribution in [0.5, 0.6) is 11.5 Å². The summed E-state index contributed by atoms with van der Waals surface area (Å²) in [5, 5.41) is 33.1. The number of aromatic hydroxyl groups is 2. The molecule has 0 fully saturated rings. The fraction of sp³-hybridized carbons (Fsp3) is 0.321. The van der Waals surface area contributed by atoms with Crippen LogP contribution in [0.1, 0.15) is 42.2 Å². The van der Waals surface area contributed by atoms with Crippen LogP contribution < -0.4 is 5.32 Å². The van der Waals surface area contributed by atoms with Crippen molar-refractivity contribution in [2.45, 2.75) is 44.9 Å². The number of hydrogen-bond acceptors (Lipinski definition) is 5. The number of likely N-dealkylation sites (N-methyl/N-ethyl adjacent to an activating group) is 1. The summed E-state index contributed by atoms with van der Waals surface area (Å²) < 4.78 is 0. The molecule has 0 bridgehead atoms. The van der Waals surface area contributed by atoms with Gasteiger partial charge in [-0.1, -0.05) is 54.6 Å². The number of nitrogens with zero attached hydrogens (tertiary/aromatic N) is 1. The molecule has 0 heterocycles. The normalized spacial score (nSPS) is 12.4. The van der Waals surface area contributed by atoms with Crippen molar-refractivity contribution in [3.63, 3.8) is 0 Å². The number of aliphatic hydroxyl groups is 1. The molecule has 1 unspecified atom stereocenters. The van der Waals surface area contributed by atoms with E-state index in [-0.39, 0.29) is 29.5 Å². The van der Waals surface area contributed by atoms with Gasteiger partial charge in [-0.3, -0.25) is 4.79 Å². The van der Waals surface area contributed by atoms with Gasteiger partial charge in [0.15, 0.2) is 0 Å². The molecule has 1 amide bonds. The molecule has 0 aliphatic carbocycles. The van der Waals surface area contributed by atoms with Gasteiger partial charge in [0.25, 0.3) is 0 Å². The van der Waals surface area contributed by atoms with Crippen LogP contribution in [0.15, 0.2) is 72.8 Å². The van der Waals surface area contributed by atoms with Crippen molar-refractivity contribution < 1.29 is 20.1 Å². The Balaban J connectivity index is 1.56. The number of amides is 1. The maximum absolute atomic E-state index is 12.7. The molecule has 6 nitrogen and oxygen atoms in total. The van der Waals surface area contributed by atoms with Crippen molar-refractivity contribution in [2.24, 2.45) is 0 Å². The number of carbonyl (C=O) groups excluding carboxylic acids is 1. The monoisotopic (exact) mass is 462 g/mol. The van der Waals surface area contributed by atoms with Gasteiger partial charge in [-0.05, 0) is 54.7 Å². The predicted molar refractivity (Wildman–Crippen MR) is 134 cm³/mol. The molecule has 3 aromatic carbocycles. The summed E-state index contributed by atoms with van der Waals surface area (Å²) in [5.41, 5.74) is 3.28. The van der Waals surface area contributed by atoms with Gasteiger partial charge in [0.2, 0.25) is 5.91 Å².